The smallest absolute Gasteiger partial charge is 0.312 e. The summed E-state index contributed by atoms with van der Waals surface area (Å²) < 4.78 is 0. The molecule has 0 aliphatic rings. The Bertz CT molecular complexity index is 493. The summed E-state index contributed by atoms with van der Waals surface area (Å²) >= 11 is 1.55. The van der Waals surface area contributed by atoms with E-state index in [1.54, 1.807) is 29.5 Å². The average Bonchev–Trinajstić information content (AvgIpc) is 2.69. The number of nitrogens with one attached hydrogen (secondary N) is 1. The van der Waals surface area contributed by atoms with Gasteiger partial charge >= 0.3 is 6.03 Å². The molecule has 1 unspecified atom stereocenters. The first kappa shape index (κ1) is 16.4. The lowest BCUT2D eigenvalue weighted by atomic mass is 9.86. The van der Waals surface area contributed by atoms with E-state index in [4.69, 9.17) is 5.73 Å². The minimum Gasteiger partial charge on any atom is -0.352 e. The maximum atomic E-state index is 12.5. The van der Waals surface area contributed by atoms with Gasteiger partial charge in [0, 0.05) is 18.1 Å². The number of aromatic nitrogens is 1. The van der Waals surface area contributed by atoms with Crippen LogP contribution in [0.3, 0.4) is 0 Å². The molecule has 1 heterocycles. The SMILES string of the molecule is Cc1ncc(CN(C)C(=O)C(NC(N)=O)C(C)(C)C)s1. The van der Waals surface area contributed by atoms with E-state index in [1.807, 2.05) is 27.7 Å². The predicted molar refractivity (Wildman–Crippen MR) is 79.3 cm³/mol. The summed E-state index contributed by atoms with van der Waals surface area (Å²) in [7, 11) is 1.71. The van der Waals surface area contributed by atoms with Crippen molar-refractivity contribution in [1.29, 1.82) is 0 Å². The summed E-state index contributed by atoms with van der Waals surface area (Å²) in [5.41, 5.74) is 4.74. The number of amides is 3. The Hall–Kier alpha value is -1.63. The van der Waals surface area contributed by atoms with Gasteiger partial charge < -0.3 is 16.0 Å². The van der Waals surface area contributed by atoms with Gasteiger partial charge in [0.05, 0.1) is 11.6 Å². The van der Waals surface area contributed by atoms with E-state index in [0.29, 0.717) is 6.54 Å². The van der Waals surface area contributed by atoms with Gasteiger partial charge in [-0.1, -0.05) is 20.8 Å². The van der Waals surface area contributed by atoms with Crippen LogP contribution in [-0.2, 0) is 11.3 Å². The summed E-state index contributed by atoms with van der Waals surface area (Å²) in [6.07, 6.45) is 1.76. The highest BCUT2D eigenvalue weighted by Gasteiger charge is 2.34. The number of hydrogen-bond acceptors (Lipinski definition) is 4. The third-order valence-electron chi connectivity index (χ3n) is 2.84. The van der Waals surface area contributed by atoms with E-state index < -0.39 is 17.5 Å². The number of primary amides is 1. The number of carbonyl (C=O) groups excluding carboxylic acids is 2. The van der Waals surface area contributed by atoms with Crippen LogP contribution in [0, 0.1) is 12.3 Å². The minimum absolute atomic E-state index is 0.164. The average molecular weight is 298 g/mol. The van der Waals surface area contributed by atoms with Gasteiger partial charge in [-0.15, -0.1) is 11.3 Å². The zero-order valence-electron chi connectivity index (χ0n) is 12.6. The standard InChI is InChI=1S/C13H22N4O2S/c1-8-15-6-9(20-8)7-17(5)11(18)10(13(2,3)4)16-12(14)19/h6,10H,7H2,1-5H3,(H3,14,16,19). The maximum Gasteiger partial charge on any atom is 0.312 e. The topological polar surface area (TPSA) is 88.3 Å². The van der Waals surface area contributed by atoms with Crippen molar-refractivity contribution in [2.45, 2.75) is 40.3 Å². The van der Waals surface area contributed by atoms with Crippen LogP contribution in [0.4, 0.5) is 4.79 Å². The Labute approximate surface area is 123 Å². The maximum absolute atomic E-state index is 12.5. The van der Waals surface area contributed by atoms with Crippen molar-refractivity contribution in [2.75, 3.05) is 7.05 Å². The van der Waals surface area contributed by atoms with Gasteiger partial charge in [0.1, 0.15) is 6.04 Å². The number of thiazole rings is 1. The van der Waals surface area contributed by atoms with Crippen LogP contribution in [0.5, 0.6) is 0 Å². The van der Waals surface area contributed by atoms with Crippen LogP contribution < -0.4 is 11.1 Å². The van der Waals surface area contributed by atoms with Crippen molar-refractivity contribution < 1.29 is 9.59 Å². The molecule has 0 saturated carbocycles. The lowest BCUT2D eigenvalue weighted by Crippen LogP contribution is -2.55. The van der Waals surface area contributed by atoms with Gasteiger partial charge in [-0.25, -0.2) is 9.78 Å². The molecule has 1 aromatic heterocycles. The molecule has 0 spiro atoms. The first-order valence-electron chi connectivity index (χ1n) is 6.33. The number of nitrogens with two attached hydrogens (primary N) is 1. The van der Waals surface area contributed by atoms with E-state index in [0.717, 1.165) is 9.88 Å². The Morgan fingerprint density at radius 2 is 2.10 bits per heavy atom. The van der Waals surface area contributed by atoms with Gasteiger partial charge in [0.25, 0.3) is 0 Å². The van der Waals surface area contributed by atoms with Crippen LogP contribution in [0.2, 0.25) is 0 Å². The summed E-state index contributed by atoms with van der Waals surface area (Å²) in [4.78, 5) is 30.3. The molecule has 0 aromatic carbocycles. The number of aryl methyl sites for hydroxylation is 1. The zero-order valence-corrected chi connectivity index (χ0v) is 13.4. The fourth-order valence-corrected chi connectivity index (χ4v) is 2.65. The van der Waals surface area contributed by atoms with Gasteiger partial charge in [0.2, 0.25) is 5.91 Å². The summed E-state index contributed by atoms with van der Waals surface area (Å²) in [6.45, 7) is 8.04. The van der Waals surface area contributed by atoms with Crippen molar-refractivity contribution in [3.8, 4) is 0 Å². The highest BCUT2D eigenvalue weighted by atomic mass is 32.1. The summed E-state index contributed by atoms with van der Waals surface area (Å²) in [6, 6.07) is -1.35. The molecule has 0 saturated heterocycles. The van der Waals surface area contributed by atoms with E-state index in [-0.39, 0.29) is 5.91 Å². The van der Waals surface area contributed by atoms with Crippen molar-refractivity contribution in [2.24, 2.45) is 11.1 Å². The molecule has 20 heavy (non-hydrogen) atoms. The molecule has 0 fully saturated rings. The lowest BCUT2D eigenvalue weighted by molar-refractivity contribution is -0.134. The molecular weight excluding hydrogens is 276 g/mol. The number of rotatable bonds is 4. The molecule has 1 aromatic rings. The third-order valence-corrected chi connectivity index (χ3v) is 3.74. The van der Waals surface area contributed by atoms with Crippen molar-refractivity contribution in [3.63, 3.8) is 0 Å². The number of hydrogen-bond donors (Lipinski definition) is 2. The molecule has 1 atom stereocenters. The van der Waals surface area contributed by atoms with Crippen LogP contribution in [0.1, 0.15) is 30.7 Å². The fourth-order valence-electron chi connectivity index (χ4n) is 1.80. The first-order valence-corrected chi connectivity index (χ1v) is 7.15. The van der Waals surface area contributed by atoms with Crippen LogP contribution in [0.15, 0.2) is 6.20 Å². The minimum atomic E-state index is -0.694. The van der Waals surface area contributed by atoms with E-state index in [9.17, 15) is 9.59 Å². The largest absolute Gasteiger partial charge is 0.352 e. The molecule has 3 N–H and O–H groups in total. The highest BCUT2D eigenvalue weighted by molar-refractivity contribution is 7.11. The Balaban J connectivity index is 2.80. The van der Waals surface area contributed by atoms with Crippen molar-refractivity contribution >= 4 is 23.3 Å². The second-order valence-electron chi connectivity index (χ2n) is 5.85. The predicted octanol–water partition coefficient (Wildman–Crippen LogP) is 1.49. The molecule has 0 radical (unpaired) electrons. The van der Waals surface area contributed by atoms with E-state index >= 15 is 0 Å². The van der Waals surface area contributed by atoms with Crippen molar-refractivity contribution in [1.82, 2.24) is 15.2 Å². The molecule has 3 amide bonds. The molecule has 112 valence electrons. The lowest BCUT2D eigenvalue weighted by Gasteiger charge is -2.32. The Kier molecular flexibility index (Phi) is 5.10. The quantitative estimate of drug-likeness (QED) is 0.882. The van der Waals surface area contributed by atoms with E-state index in [2.05, 4.69) is 10.3 Å². The van der Waals surface area contributed by atoms with Gasteiger partial charge in [-0.2, -0.15) is 0 Å². The molecule has 6 nitrogen and oxygen atoms in total. The third kappa shape index (κ3) is 4.48. The second kappa shape index (κ2) is 6.21. The second-order valence-corrected chi connectivity index (χ2v) is 7.17. The Morgan fingerprint density at radius 3 is 2.50 bits per heavy atom. The van der Waals surface area contributed by atoms with Crippen LogP contribution in [-0.4, -0.2) is 34.9 Å². The number of urea groups is 1. The number of likely N-dealkylation sites (N-methyl/N-ethyl adjacent to an activating group) is 1. The normalized spacial score (nSPS) is 12.8. The summed E-state index contributed by atoms with van der Waals surface area (Å²) in [5.74, 6) is -0.164. The highest BCUT2D eigenvalue weighted by Crippen LogP contribution is 2.22. The molecule has 7 heteroatoms. The fraction of sp³-hybridized carbons (Fsp3) is 0.615. The molecule has 0 aliphatic carbocycles. The molecule has 0 aliphatic heterocycles. The molecule has 0 bridgehead atoms. The zero-order chi connectivity index (χ0) is 15.5. The number of carbonyl (C=O) groups is 2. The molecule has 1 rings (SSSR count). The van der Waals surface area contributed by atoms with Crippen LogP contribution in [0.25, 0.3) is 0 Å². The first-order chi connectivity index (χ1) is 9.11. The van der Waals surface area contributed by atoms with Gasteiger partial charge in [-0.05, 0) is 12.3 Å². The number of nitrogens with zero attached hydrogens (tertiary/aromatic N) is 2. The monoisotopic (exact) mass is 298 g/mol. The van der Waals surface area contributed by atoms with Gasteiger partial charge in [0.15, 0.2) is 0 Å². The van der Waals surface area contributed by atoms with Crippen LogP contribution >= 0.6 is 11.3 Å². The van der Waals surface area contributed by atoms with E-state index in [1.165, 1.54) is 0 Å². The molecular formula is C13H22N4O2S. The van der Waals surface area contributed by atoms with Gasteiger partial charge in [-0.3, -0.25) is 4.79 Å². The van der Waals surface area contributed by atoms with Crippen molar-refractivity contribution in [3.05, 3.63) is 16.1 Å². The Morgan fingerprint density at radius 1 is 1.50 bits per heavy atom. The summed E-state index contributed by atoms with van der Waals surface area (Å²) in [5, 5.41) is 3.49.